The normalized spacial score (nSPS) is 10.6. The van der Waals surface area contributed by atoms with E-state index in [2.05, 4.69) is 14.0 Å². The van der Waals surface area contributed by atoms with Crippen LogP contribution >= 0.6 is 9.47 Å². The molecule has 0 fully saturated rings. The van der Waals surface area contributed by atoms with Gasteiger partial charge >= 0.3 is 0 Å². The lowest BCUT2D eigenvalue weighted by molar-refractivity contribution is 0.340. The Hall–Kier alpha value is 0.0900. The Balaban J connectivity index is 2.78. The molecule has 0 saturated carbocycles. The fourth-order valence-corrected chi connectivity index (χ4v) is 0.309. The average Bonchev–Trinajstić information content (AvgIpc) is 1.69. The molecule has 7 heavy (non-hydrogen) atoms. The van der Waals surface area contributed by atoms with Gasteiger partial charge in [0.2, 0.25) is 0 Å². The van der Waals surface area contributed by atoms with Gasteiger partial charge in [-0.2, -0.15) is 0 Å². The maximum atomic E-state index is 8.14. The van der Waals surface area contributed by atoms with Crippen LogP contribution in [0.15, 0.2) is 12.2 Å². The summed E-state index contributed by atoms with van der Waals surface area (Å²) in [5.74, 6) is 0. The molecule has 1 atom stereocenters. The van der Waals surface area contributed by atoms with Gasteiger partial charge < -0.3 is 9.63 Å². The van der Waals surface area contributed by atoms with Crippen molar-refractivity contribution in [1.82, 2.24) is 0 Å². The Morgan fingerprint density at radius 2 is 2.29 bits per heavy atom. The van der Waals surface area contributed by atoms with Gasteiger partial charge in [-0.15, -0.1) is 0 Å². The Bertz CT molecular complexity index is 53.7. The minimum absolute atomic E-state index is 0.0913. The third-order valence-electron chi connectivity index (χ3n) is 0.465. The van der Waals surface area contributed by atoms with Crippen LogP contribution in [0.2, 0.25) is 0 Å². The highest BCUT2D eigenvalue weighted by atomic mass is 31.0. The molecule has 3 heteroatoms. The molecule has 0 aliphatic heterocycles. The zero-order valence-corrected chi connectivity index (χ0v) is 5.16. The van der Waals surface area contributed by atoms with Gasteiger partial charge in [0.15, 0.2) is 0 Å². The van der Waals surface area contributed by atoms with Gasteiger partial charge in [0.1, 0.15) is 0 Å². The van der Waals surface area contributed by atoms with Gasteiger partial charge in [-0.05, 0) is 0 Å². The van der Waals surface area contributed by atoms with Crippen LogP contribution < -0.4 is 0 Å². The van der Waals surface area contributed by atoms with Crippen LogP contribution in [0.5, 0.6) is 0 Å². The summed E-state index contributed by atoms with van der Waals surface area (Å²) in [4.78, 5) is 0. The summed E-state index contributed by atoms with van der Waals surface area (Å²) < 4.78 is 4.56. The molecule has 0 aliphatic rings. The maximum Gasteiger partial charge on any atom is 0.0684 e. The van der Waals surface area contributed by atoms with Crippen LogP contribution in [0, 0.1) is 0 Å². The van der Waals surface area contributed by atoms with Crippen molar-refractivity contribution >= 4 is 9.47 Å². The second kappa shape index (κ2) is 6.09. The van der Waals surface area contributed by atoms with Crippen molar-refractivity contribution in [2.75, 3.05) is 13.2 Å². The zero-order chi connectivity index (χ0) is 5.54. The van der Waals surface area contributed by atoms with Gasteiger partial charge in [-0.25, -0.2) is 0 Å². The molecule has 0 amide bonds. The molecule has 0 aromatic rings. The van der Waals surface area contributed by atoms with Crippen LogP contribution in [0.1, 0.15) is 0 Å². The summed E-state index contributed by atoms with van der Waals surface area (Å²) in [7, 11) is 2.12. The summed E-state index contributed by atoms with van der Waals surface area (Å²) in [5.41, 5.74) is 0. The molecule has 1 N–H and O–H groups in total. The number of aliphatic hydroxyl groups excluding tert-OH is 1. The van der Waals surface area contributed by atoms with Crippen molar-refractivity contribution in [3.05, 3.63) is 12.2 Å². The SMILES string of the molecule is OC/C=C\COP. The van der Waals surface area contributed by atoms with E-state index in [1.807, 2.05) is 0 Å². The van der Waals surface area contributed by atoms with E-state index in [4.69, 9.17) is 5.11 Å². The van der Waals surface area contributed by atoms with Gasteiger partial charge in [0.25, 0.3) is 0 Å². The Morgan fingerprint density at radius 3 is 2.71 bits per heavy atom. The Morgan fingerprint density at radius 1 is 1.57 bits per heavy atom. The molecule has 42 valence electrons. The van der Waals surface area contributed by atoms with Gasteiger partial charge in [0, 0.05) is 9.47 Å². The molecule has 0 radical (unpaired) electrons. The predicted molar refractivity (Wildman–Crippen MR) is 31.9 cm³/mol. The van der Waals surface area contributed by atoms with Gasteiger partial charge in [0.05, 0.1) is 13.2 Å². The van der Waals surface area contributed by atoms with Crippen LogP contribution in [-0.4, -0.2) is 18.3 Å². The van der Waals surface area contributed by atoms with Crippen LogP contribution in [0.25, 0.3) is 0 Å². The van der Waals surface area contributed by atoms with E-state index in [-0.39, 0.29) is 6.61 Å². The highest BCUT2D eigenvalue weighted by Gasteiger charge is 1.67. The second-order valence-corrected chi connectivity index (χ2v) is 1.32. The van der Waals surface area contributed by atoms with E-state index in [1.165, 1.54) is 0 Å². The first kappa shape index (κ1) is 7.09. The molecule has 0 spiro atoms. The third kappa shape index (κ3) is 6.09. The molecular weight excluding hydrogens is 111 g/mol. The highest BCUT2D eigenvalue weighted by Crippen LogP contribution is 1.83. The molecule has 0 saturated heterocycles. The van der Waals surface area contributed by atoms with E-state index < -0.39 is 0 Å². The molecular formula is C4H9O2P. The standard InChI is InChI=1S/C4H9O2P/c5-3-1-2-4-6-7/h1-2,5H,3-4,7H2/b2-1-. The topological polar surface area (TPSA) is 29.5 Å². The Kier molecular flexibility index (Phi) is 6.17. The quantitative estimate of drug-likeness (QED) is 0.430. The lowest BCUT2D eigenvalue weighted by Crippen LogP contribution is -1.76. The maximum absolute atomic E-state index is 8.14. The minimum Gasteiger partial charge on any atom is -0.392 e. The number of aliphatic hydroxyl groups is 1. The fraction of sp³-hybridized carbons (Fsp3) is 0.500. The number of hydrogen-bond acceptors (Lipinski definition) is 2. The van der Waals surface area contributed by atoms with Crippen LogP contribution in [-0.2, 0) is 4.52 Å². The number of rotatable bonds is 3. The zero-order valence-electron chi connectivity index (χ0n) is 4.00. The summed E-state index contributed by atoms with van der Waals surface area (Å²) in [6, 6.07) is 0. The molecule has 0 rings (SSSR count). The number of hydrogen-bond donors (Lipinski definition) is 1. The molecule has 2 nitrogen and oxygen atoms in total. The fourth-order valence-electron chi connectivity index (χ4n) is 0.198. The van der Waals surface area contributed by atoms with E-state index >= 15 is 0 Å². The van der Waals surface area contributed by atoms with Crippen molar-refractivity contribution in [3.8, 4) is 0 Å². The summed E-state index contributed by atoms with van der Waals surface area (Å²) in [6.45, 7) is 0.638. The highest BCUT2D eigenvalue weighted by molar-refractivity contribution is 7.09. The molecule has 0 heterocycles. The largest absolute Gasteiger partial charge is 0.392 e. The lowest BCUT2D eigenvalue weighted by Gasteiger charge is -1.83. The minimum atomic E-state index is 0.0913. The molecule has 0 aliphatic carbocycles. The summed E-state index contributed by atoms with van der Waals surface area (Å²) in [5, 5.41) is 8.14. The monoisotopic (exact) mass is 120 g/mol. The molecule has 0 aromatic carbocycles. The van der Waals surface area contributed by atoms with E-state index in [1.54, 1.807) is 12.2 Å². The van der Waals surface area contributed by atoms with Gasteiger partial charge in [-0.3, -0.25) is 0 Å². The lowest BCUT2D eigenvalue weighted by atomic mass is 10.5. The van der Waals surface area contributed by atoms with Crippen molar-refractivity contribution in [3.63, 3.8) is 0 Å². The molecule has 1 unspecified atom stereocenters. The average molecular weight is 120 g/mol. The van der Waals surface area contributed by atoms with Crippen molar-refractivity contribution in [2.24, 2.45) is 0 Å². The smallest absolute Gasteiger partial charge is 0.0684 e. The first-order chi connectivity index (χ1) is 3.41. The van der Waals surface area contributed by atoms with E-state index in [9.17, 15) is 0 Å². The summed E-state index contributed by atoms with van der Waals surface area (Å²) >= 11 is 0. The second-order valence-electron chi connectivity index (χ2n) is 0.987. The van der Waals surface area contributed by atoms with E-state index in [0.717, 1.165) is 0 Å². The van der Waals surface area contributed by atoms with E-state index in [0.29, 0.717) is 6.61 Å². The molecule has 0 bridgehead atoms. The van der Waals surface area contributed by atoms with Gasteiger partial charge in [-0.1, -0.05) is 12.2 Å². The summed E-state index contributed by atoms with van der Waals surface area (Å²) in [6.07, 6.45) is 3.37. The van der Waals surface area contributed by atoms with Crippen molar-refractivity contribution in [2.45, 2.75) is 0 Å². The Labute approximate surface area is 45.5 Å². The van der Waals surface area contributed by atoms with Crippen LogP contribution in [0.3, 0.4) is 0 Å². The predicted octanol–water partition coefficient (Wildman–Crippen LogP) is 0.342. The first-order valence-corrected chi connectivity index (χ1v) is 2.46. The molecule has 0 aromatic heterocycles. The van der Waals surface area contributed by atoms with Crippen LogP contribution in [0.4, 0.5) is 0 Å². The van der Waals surface area contributed by atoms with Crippen molar-refractivity contribution < 1.29 is 9.63 Å². The first-order valence-electron chi connectivity index (χ1n) is 1.99. The third-order valence-corrected chi connectivity index (χ3v) is 0.657. The van der Waals surface area contributed by atoms with Crippen molar-refractivity contribution in [1.29, 1.82) is 0 Å².